The molecule has 1 unspecified atom stereocenters. The summed E-state index contributed by atoms with van der Waals surface area (Å²) in [6.07, 6.45) is 2.85. The van der Waals surface area contributed by atoms with Crippen LogP contribution in [0.4, 0.5) is 0 Å². The minimum Gasteiger partial charge on any atom is -0.497 e. The van der Waals surface area contributed by atoms with Gasteiger partial charge in [-0.15, -0.1) is 12.4 Å². The number of benzene rings is 1. The molecule has 0 saturated carbocycles. The predicted molar refractivity (Wildman–Crippen MR) is 87.0 cm³/mol. The molecule has 2 rings (SSSR count). The second-order valence-electron chi connectivity index (χ2n) is 5.48. The molecule has 1 heterocycles. The molecule has 1 aliphatic heterocycles. The van der Waals surface area contributed by atoms with E-state index in [9.17, 15) is 4.79 Å². The maximum absolute atomic E-state index is 12.7. The Hall–Kier alpha value is -1.26. The molecule has 1 aromatic carbocycles. The minimum absolute atomic E-state index is 0. The lowest BCUT2D eigenvalue weighted by molar-refractivity contribution is -0.137. The number of ether oxygens (including phenoxy) is 1. The average molecular weight is 313 g/mol. The van der Waals surface area contributed by atoms with Gasteiger partial charge in [0.1, 0.15) is 5.75 Å². The van der Waals surface area contributed by atoms with Crippen LogP contribution < -0.4 is 10.1 Å². The summed E-state index contributed by atoms with van der Waals surface area (Å²) in [7, 11) is 3.53. The number of rotatable bonds is 5. The maximum atomic E-state index is 12.7. The fourth-order valence-electron chi connectivity index (χ4n) is 2.92. The highest BCUT2D eigenvalue weighted by molar-refractivity contribution is 5.86. The van der Waals surface area contributed by atoms with Crippen LogP contribution in [0.25, 0.3) is 0 Å². The summed E-state index contributed by atoms with van der Waals surface area (Å²) in [5, 5.41) is 3.39. The van der Waals surface area contributed by atoms with Crippen LogP contribution in [-0.4, -0.2) is 37.0 Å². The SMILES string of the molecule is CCC1(C(=O)N(C)Cc2cccc(OC)c2)CCCN1.Cl. The first-order valence-corrected chi connectivity index (χ1v) is 7.25. The van der Waals surface area contributed by atoms with E-state index < -0.39 is 0 Å². The van der Waals surface area contributed by atoms with Crippen LogP contribution in [0.2, 0.25) is 0 Å². The molecule has 0 radical (unpaired) electrons. The zero-order valence-electron chi connectivity index (χ0n) is 13.0. The number of likely N-dealkylation sites (N-methyl/N-ethyl adjacent to an activating group) is 1. The van der Waals surface area contributed by atoms with Gasteiger partial charge in [0.05, 0.1) is 12.6 Å². The number of carbonyl (C=O) groups excluding carboxylic acids is 1. The largest absolute Gasteiger partial charge is 0.497 e. The van der Waals surface area contributed by atoms with E-state index in [4.69, 9.17) is 4.74 Å². The molecule has 1 N–H and O–H groups in total. The molecule has 1 aromatic rings. The smallest absolute Gasteiger partial charge is 0.242 e. The normalized spacial score (nSPS) is 20.7. The molecule has 0 bridgehead atoms. The van der Waals surface area contributed by atoms with Crippen LogP contribution in [-0.2, 0) is 11.3 Å². The van der Waals surface area contributed by atoms with Crippen molar-refractivity contribution in [3.8, 4) is 5.75 Å². The van der Waals surface area contributed by atoms with E-state index in [1.807, 2.05) is 36.2 Å². The molecule has 5 heteroatoms. The lowest BCUT2D eigenvalue weighted by Gasteiger charge is -2.32. The first-order chi connectivity index (χ1) is 9.61. The summed E-state index contributed by atoms with van der Waals surface area (Å²) in [5.74, 6) is 1.02. The summed E-state index contributed by atoms with van der Waals surface area (Å²) in [4.78, 5) is 14.5. The Morgan fingerprint density at radius 3 is 2.81 bits per heavy atom. The zero-order valence-corrected chi connectivity index (χ0v) is 13.8. The molecule has 21 heavy (non-hydrogen) atoms. The molecule has 1 aliphatic rings. The summed E-state index contributed by atoms with van der Waals surface area (Å²) in [6.45, 7) is 3.63. The number of amides is 1. The Labute approximate surface area is 133 Å². The quantitative estimate of drug-likeness (QED) is 0.908. The van der Waals surface area contributed by atoms with Gasteiger partial charge in [0, 0.05) is 13.6 Å². The molecule has 0 aliphatic carbocycles. The summed E-state index contributed by atoms with van der Waals surface area (Å²) < 4.78 is 5.22. The standard InChI is InChI=1S/C16H24N2O2.ClH/c1-4-16(9-6-10-17-16)15(19)18(2)12-13-7-5-8-14(11-13)20-3;/h5,7-8,11,17H,4,6,9-10,12H2,1-3H3;1H. The van der Waals surface area contributed by atoms with E-state index in [1.54, 1.807) is 7.11 Å². The molecule has 1 fully saturated rings. The van der Waals surface area contributed by atoms with Gasteiger partial charge in [-0.25, -0.2) is 0 Å². The molecule has 0 spiro atoms. The van der Waals surface area contributed by atoms with Crippen molar-refractivity contribution in [3.05, 3.63) is 29.8 Å². The van der Waals surface area contributed by atoms with E-state index >= 15 is 0 Å². The van der Waals surface area contributed by atoms with Crippen LogP contribution in [0.15, 0.2) is 24.3 Å². The number of nitrogens with one attached hydrogen (secondary N) is 1. The molecular formula is C16H25ClN2O2. The number of carbonyl (C=O) groups is 1. The molecule has 1 atom stereocenters. The van der Waals surface area contributed by atoms with Crippen molar-refractivity contribution in [2.75, 3.05) is 20.7 Å². The number of hydrogen-bond donors (Lipinski definition) is 1. The first-order valence-electron chi connectivity index (χ1n) is 7.25. The number of hydrogen-bond acceptors (Lipinski definition) is 3. The second-order valence-corrected chi connectivity index (χ2v) is 5.48. The van der Waals surface area contributed by atoms with E-state index in [2.05, 4.69) is 12.2 Å². The lowest BCUT2D eigenvalue weighted by atomic mass is 9.92. The summed E-state index contributed by atoms with van der Waals surface area (Å²) in [5.41, 5.74) is 0.734. The van der Waals surface area contributed by atoms with Gasteiger partial charge >= 0.3 is 0 Å². The van der Waals surface area contributed by atoms with Crippen molar-refractivity contribution in [1.82, 2.24) is 10.2 Å². The number of halogens is 1. The van der Waals surface area contributed by atoms with E-state index in [0.717, 1.165) is 37.1 Å². The number of nitrogens with zero attached hydrogens (tertiary/aromatic N) is 1. The minimum atomic E-state index is -0.354. The van der Waals surface area contributed by atoms with E-state index in [-0.39, 0.29) is 23.9 Å². The third-order valence-electron chi connectivity index (χ3n) is 4.16. The monoisotopic (exact) mass is 312 g/mol. The van der Waals surface area contributed by atoms with Crippen LogP contribution in [0.3, 0.4) is 0 Å². The molecule has 1 saturated heterocycles. The van der Waals surface area contributed by atoms with Crippen molar-refractivity contribution in [3.63, 3.8) is 0 Å². The van der Waals surface area contributed by atoms with Crippen molar-refractivity contribution < 1.29 is 9.53 Å². The summed E-state index contributed by atoms with van der Waals surface area (Å²) in [6, 6.07) is 7.87. The fourth-order valence-corrected chi connectivity index (χ4v) is 2.92. The second kappa shape index (κ2) is 7.66. The number of methoxy groups -OCH3 is 1. The maximum Gasteiger partial charge on any atom is 0.242 e. The van der Waals surface area contributed by atoms with Gasteiger partial charge in [-0.1, -0.05) is 19.1 Å². The van der Waals surface area contributed by atoms with E-state index in [0.29, 0.717) is 6.54 Å². The molecule has 1 amide bonds. The topological polar surface area (TPSA) is 41.6 Å². The molecule has 0 aromatic heterocycles. The average Bonchev–Trinajstić information content (AvgIpc) is 2.96. The Bertz CT molecular complexity index is 473. The van der Waals surface area contributed by atoms with Crippen molar-refractivity contribution in [2.24, 2.45) is 0 Å². The van der Waals surface area contributed by atoms with Crippen molar-refractivity contribution in [1.29, 1.82) is 0 Å². The molecular weight excluding hydrogens is 288 g/mol. The van der Waals surface area contributed by atoms with Gasteiger partial charge in [0.25, 0.3) is 0 Å². The Kier molecular flexibility index (Phi) is 6.49. The van der Waals surface area contributed by atoms with Gasteiger partial charge < -0.3 is 15.0 Å². The molecule has 118 valence electrons. The highest BCUT2D eigenvalue weighted by Crippen LogP contribution is 2.26. The Balaban J connectivity index is 0.00000220. The highest BCUT2D eigenvalue weighted by atomic mass is 35.5. The highest BCUT2D eigenvalue weighted by Gasteiger charge is 2.40. The van der Waals surface area contributed by atoms with Crippen LogP contribution in [0.5, 0.6) is 5.75 Å². The van der Waals surface area contributed by atoms with Gasteiger partial charge in [-0.2, -0.15) is 0 Å². The molecule has 4 nitrogen and oxygen atoms in total. The van der Waals surface area contributed by atoms with Crippen molar-refractivity contribution >= 4 is 18.3 Å². The van der Waals surface area contributed by atoms with E-state index in [1.165, 1.54) is 0 Å². The third kappa shape index (κ3) is 3.89. The summed E-state index contributed by atoms with van der Waals surface area (Å²) >= 11 is 0. The van der Waals surface area contributed by atoms with Gasteiger partial charge in [0.15, 0.2) is 0 Å². The predicted octanol–water partition coefficient (Wildman–Crippen LogP) is 2.61. The van der Waals surface area contributed by atoms with Crippen LogP contribution in [0, 0.1) is 0 Å². The van der Waals surface area contributed by atoms with Gasteiger partial charge in [-0.05, 0) is 43.5 Å². The van der Waals surface area contributed by atoms with Gasteiger partial charge in [-0.3, -0.25) is 4.79 Å². The lowest BCUT2D eigenvalue weighted by Crippen LogP contribution is -2.53. The Morgan fingerprint density at radius 2 is 2.24 bits per heavy atom. The zero-order chi connectivity index (χ0) is 14.6. The Morgan fingerprint density at radius 1 is 1.48 bits per heavy atom. The van der Waals surface area contributed by atoms with Gasteiger partial charge in [0.2, 0.25) is 5.91 Å². The van der Waals surface area contributed by atoms with Crippen LogP contribution in [0.1, 0.15) is 31.7 Å². The van der Waals surface area contributed by atoms with Crippen LogP contribution >= 0.6 is 12.4 Å². The third-order valence-corrected chi connectivity index (χ3v) is 4.16. The van der Waals surface area contributed by atoms with Crippen molar-refractivity contribution in [2.45, 2.75) is 38.3 Å². The fraction of sp³-hybridized carbons (Fsp3) is 0.562. The first kappa shape index (κ1) is 17.8.